The summed E-state index contributed by atoms with van der Waals surface area (Å²) in [6, 6.07) is 18.3. The minimum atomic E-state index is -0.00613. The molecule has 1 aliphatic rings. The summed E-state index contributed by atoms with van der Waals surface area (Å²) in [5, 5.41) is 3.20. The zero-order valence-electron chi connectivity index (χ0n) is 14.7. The van der Waals surface area contributed by atoms with Crippen LogP contribution < -0.4 is 10.2 Å². The molecule has 1 saturated heterocycles. The number of hydrogen-bond acceptors (Lipinski definition) is 3. The molecule has 2 aromatic rings. The third-order valence-corrected chi connectivity index (χ3v) is 7.29. The topological polar surface area (TPSA) is 33.5 Å². The fourth-order valence-corrected chi connectivity index (χ4v) is 5.79. The molecule has 2 N–H and O–H groups in total. The first-order valence-electron chi connectivity index (χ1n) is 8.61. The summed E-state index contributed by atoms with van der Waals surface area (Å²) in [6.45, 7) is 0.850. The van der Waals surface area contributed by atoms with E-state index in [-0.39, 0.29) is 11.9 Å². The lowest BCUT2D eigenvalue weighted by Crippen LogP contribution is -3.06. The van der Waals surface area contributed by atoms with E-state index in [1.807, 2.05) is 53.9 Å². The van der Waals surface area contributed by atoms with Gasteiger partial charge in [-0.05, 0) is 23.3 Å². The van der Waals surface area contributed by atoms with E-state index < -0.39 is 0 Å². The number of likely N-dealkylation sites (N-methyl/N-ethyl adjacent to an activating group) is 1. The second-order valence-corrected chi connectivity index (χ2v) is 9.27. The summed E-state index contributed by atoms with van der Waals surface area (Å²) < 4.78 is 0.520. The molecule has 5 heteroatoms. The minimum Gasteiger partial charge on any atom is -0.340 e. The summed E-state index contributed by atoms with van der Waals surface area (Å²) in [4.78, 5) is 14.0. The van der Waals surface area contributed by atoms with Gasteiger partial charge in [-0.2, -0.15) is 0 Å². The Bertz CT molecular complexity index is 683. The van der Waals surface area contributed by atoms with Crippen LogP contribution in [0.2, 0.25) is 0 Å². The number of thioether (sulfide) groups is 2. The molecule has 0 saturated carbocycles. The molecule has 0 spiro atoms. The summed E-state index contributed by atoms with van der Waals surface area (Å²) >= 11 is 3.97. The van der Waals surface area contributed by atoms with Crippen LogP contribution in [0.1, 0.15) is 32.1 Å². The summed E-state index contributed by atoms with van der Waals surface area (Å²) in [5.41, 5.74) is 3.18. The maximum Gasteiger partial charge on any atom is 0.251 e. The van der Waals surface area contributed by atoms with Crippen molar-refractivity contribution in [2.75, 3.05) is 32.1 Å². The van der Waals surface area contributed by atoms with E-state index >= 15 is 0 Å². The molecule has 0 unspecified atom stereocenters. The zero-order chi connectivity index (χ0) is 17.6. The Hall–Kier alpha value is -1.43. The molecule has 0 bridgehead atoms. The van der Waals surface area contributed by atoms with E-state index in [1.54, 1.807) is 0 Å². The van der Waals surface area contributed by atoms with E-state index in [2.05, 4.69) is 43.7 Å². The van der Waals surface area contributed by atoms with Crippen LogP contribution in [0.5, 0.6) is 0 Å². The molecular formula is C20H25N2OS2+. The van der Waals surface area contributed by atoms with Crippen molar-refractivity contribution in [1.29, 1.82) is 0 Å². The van der Waals surface area contributed by atoms with E-state index in [1.165, 1.54) is 22.0 Å². The van der Waals surface area contributed by atoms with Gasteiger partial charge in [-0.15, -0.1) is 23.5 Å². The number of carbonyl (C=O) groups is 1. The Balaban J connectivity index is 1.70. The van der Waals surface area contributed by atoms with Crippen molar-refractivity contribution >= 4 is 29.4 Å². The van der Waals surface area contributed by atoms with Crippen molar-refractivity contribution in [2.45, 2.75) is 10.6 Å². The molecule has 3 rings (SSSR count). The molecule has 25 heavy (non-hydrogen) atoms. The third-order valence-electron chi connectivity index (χ3n) is 4.19. The number of nitrogens with one attached hydrogen (secondary N) is 2. The number of carbonyl (C=O) groups excluding carboxylic acids is 1. The lowest BCUT2D eigenvalue weighted by Gasteiger charge is -2.21. The fourth-order valence-electron chi connectivity index (χ4n) is 2.93. The van der Waals surface area contributed by atoms with Gasteiger partial charge in [0, 0.05) is 17.1 Å². The van der Waals surface area contributed by atoms with Gasteiger partial charge < -0.3 is 10.2 Å². The van der Waals surface area contributed by atoms with Gasteiger partial charge in [0.05, 0.1) is 18.7 Å². The predicted molar refractivity (Wildman–Crippen MR) is 108 cm³/mol. The fraction of sp³-hybridized carbons (Fsp3) is 0.350. The molecule has 1 aliphatic heterocycles. The van der Waals surface area contributed by atoms with Gasteiger partial charge in [0.2, 0.25) is 0 Å². The minimum absolute atomic E-state index is 0.00613. The van der Waals surface area contributed by atoms with Crippen molar-refractivity contribution < 1.29 is 9.69 Å². The highest BCUT2D eigenvalue weighted by Gasteiger charge is 2.20. The summed E-state index contributed by atoms with van der Waals surface area (Å²) in [6.07, 6.45) is 0. The van der Waals surface area contributed by atoms with Crippen LogP contribution in [0.25, 0.3) is 0 Å². The van der Waals surface area contributed by atoms with Crippen molar-refractivity contribution in [3.05, 3.63) is 71.3 Å². The van der Waals surface area contributed by atoms with Crippen molar-refractivity contribution in [3.63, 3.8) is 0 Å². The Labute approximate surface area is 158 Å². The molecule has 0 aliphatic carbocycles. The Morgan fingerprint density at radius 1 is 1.08 bits per heavy atom. The molecule has 1 amide bonds. The molecule has 3 nitrogen and oxygen atoms in total. The molecular weight excluding hydrogens is 348 g/mol. The first kappa shape index (κ1) is 18.4. The van der Waals surface area contributed by atoms with Gasteiger partial charge in [-0.3, -0.25) is 4.79 Å². The SMILES string of the molecule is C[NH+](C)C[C@@H](NC(=O)c1ccc(C2SCCS2)cc1)c1ccccc1. The lowest BCUT2D eigenvalue weighted by atomic mass is 10.1. The smallest absolute Gasteiger partial charge is 0.251 e. The maximum atomic E-state index is 12.7. The van der Waals surface area contributed by atoms with Crippen LogP contribution in [-0.4, -0.2) is 38.1 Å². The Morgan fingerprint density at radius 3 is 2.32 bits per heavy atom. The highest BCUT2D eigenvalue weighted by molar-refractivity contribution is 8.19. The van der Waals surface area contributed by atoms with Crippen LogP contribution >= 0.6 is 23.5 Å². The van der Waals surface area contributed by atoms with Crippen LogP contribution in [0.4, 0.5) is 0 Å². The van der Waals surface area contributed by atoms with Gasteiger partial charge >= 0.3 is 0 Å². The number of benzene rings is 2. The molecule has 1 heterocycles. The second-order valence-electron chi connectivity index (χ2n) is 6.54. The first-order chi connectivity index (χ1) is 12.1. The quantitative estimate of drug-likeness (QED) is 0.817. The molecule has 1 fully saturated rings. The Kier molecular flexibility index (Phi) is 6.45. The van der Waals surface area contributed by atoms with Crippen molar-refractivity contribution in [2.24, 2.45) is 0 Å². The molecule has 1 atom stereocenters. The normalized spacial score (nSPS) is 16.1. The van der Waals surface area contributed by atoms with Crippen LogP contribution in [0.15, 0.2) is 54.6 Å². The third kappa shape index (κ3) is 5.03. The van der Waals surface area contributed by atoms with Gasteiger partial charge in [-0.25, -0.2) is 0 Å². The number of hydrogen-bond donors (Lipinski definition) is 2. The zero-order valence-corrected chi connectivity index (χ0v) is 16.3. The molecule has 132 valence electrons. The van der Waals surface area contributed by atoms with E-state index in [0.717, 1.165) is 17.7 Å². The highest BCUT2D eigenvalue weighted by Crippen LogP contribution is 2.45. The van der Waals surface area contributed by atoms with Crippen LogP contribution in [-0.2, 0) is 0 Å². The molecule has 2 aromatic carbocycles. The second kappa shape index (κ2) is 8.79. The monoisotopic (exact) mass is 373 g/mol. The highest BCUT2D eigenvalue weighted by atomic mass is 32.2. The Morgan fingerprint density at radius 2 is 1.72 bits per heavy atom. The maximum absolute atomic E-state index is 12.7. The van der Waals surface area contributed by atoms with Crippen molar-refractivity contribution in [3.8, 4) is 0 Å². The van der Waals surface area contributed by atoms with Gasteiger partial charge in [-0.1, -0.05) is 42.5 Å². The number of quaternary nitrogens is 1. The molecule has 0 aromatic heterocycles. The van der Waals surface area contributed by atoms with Gasteiger partial charge in [0.1, 0.15) is 12.6 Å². The van der Waals surface area contributed by atoms with Crippen LogP contribution in [0.3, 0.4) is 0 Å². The van der Waals surface area contributed by atoms with Crippen LogP contribution in [0, 0.1) is 0 Å². The van der Waals surface area contributed by atoms with Gasteiger partial charge in [0.25, 0.3) is 5.91 Å². The predicted octanol–water partition coefficient (Wildman–Crippen LogP) is 2.78. The average Bonchev–Trinajstić information content (AvgIpc) is 3.16. The summed E-state index contributed by atoms with van der Waals surface area (Å²) in [5.74, 6) is 2.42. The van der Waals surface area contributed by atoms with E-state index in [9.17, 15) is 4.79 Å². The number of rotatable bonds is 6. The number of amides is 1. The average molecular weight is 374 g/mol. The largest absolute Gasteiger partial charge is 0.340 e. The van der Waals surface area contributed by atoms with Gasteiger partial charge in [0.15, 0.2) is 0 Å². The van der Waals surface area contributed by atoms with E-state index in [0.29, 0.717) is 4.58 Å². The lowest BCUT2D eigenvalue weighted by molar-refractivity contribution is -0.860. The molecule has 0 radical (unpaired) electrons. The van der Waals surface area contributed by atoms with Crippen molar-refractivity contribution in [1.82, 2.24) is 5.32 Å². The van der Waals surface area contributed by atoms with E-state index in [4.69, 9.17) is 0 Å². The summed E-state index contributed by atoms with van der Waals surface area (Å²) in [7, 11) is 4.21. The standard InChI is InChI=1S/C20H24N2OS2/c1-22(2)14-18(15-6-4-3-5-7-15)21-19(23)16-8-10-17(11-9-16)20-24-12-13-25-20/h3-11,18,20H,12-14H2,1-2H3,(H,21,23)/p+1/t18-/m1/s1. The first-order valence-corrected chi connectivity index (χ1v) is 10.7.